The van der Waals surface area contributed by atoms with Crippen LogP contribution in [0.1, 0.15) is 70.6 Å². The summed E-state index contributed by atoms with van der Waals surface area (Å²) in [5, 5.41) is 12.2. The van der Waals surface area contributed by atoms with E-state index in [2.05, 4.69) is 37.1 Å². The number of alkyl halides is 2. The standard InChI is InChI=1S/C29H35F2N3O2/c1-6-19-16-21(8-11-24(19)36-28(5,30)31)29(12-13-29)26(35)33-22-9-10-23-20(17-22)18-25(27(2,3)4)34(23)15-7-14-32/h8-11,16-17,25H,6-7,12-13,15,18H2,1-5H3,(H,33,35). The molecule has 36 heavy (non-hydrogen) atoms. The molecule has 2 aromatic rings. The van der Waals surface area contributed by atoms with Crippen molar-refractivity contribution in [3.05, 3.63) is 53.1 Å². The van der Waals surface area contributed by atoms with Crippen molar-refractivity contribution in [2.24, 2.45) is 5.41 Å². The second kappa shape index (κ2) is 9.38. The summed E-state index contributed by atoms with van der Waals surface area (Å²) in [5.41, 5.74) is 3.94. The Morgan fingerprint density at radius 2 is 1.92 bits per heavy atom. The number of benzene rings is 2. The first kappa shape index (κ1) is 25.9. The van der Waals surface area contributed by atoms with Gasteiger partial charge in [0.2, 0.25) is 5.91 Å². The highest BCUT2D eigenvalue weighted by molar-refractivity contribution is 6.01. The predicted molar refractivity (Wildman–Crippen MR) is 138 cm³/mol. The van der Waals surface area contributed by atoms with Crippen LogP contribution in [0, 0.1) is 16.7 Å². The van der Waals surface area contributed by atoms with Crippen molar-refractivity contribution < 1.29 is 18.3 Å². The Bertz CT molecular complexity index is 1190. The van der Waals surface area contributed by atoms with Gasteiger partial charge >= 0.3 is 6.11 Å². The Morgan fingerprint density at radius 1 is 1.19 bits per heavy atom. The lowest BCUT2D eigenvalue weighted by Crippen LogP contribution is -2.42. The van der Waals surface area contributed by atoms with Crippen LogP contribution in [0.2, 0.25) is 0 Å². The highest BCUT2D eigenvalue weighted by Crippen LogP contribution is 2.50. The van der Waals surface area contributed by atoms with Gasteiger partial charge in [0.25, 0.3) is 0 Å². The van der Waals surface area contributed by atoms with E-state index in [4.69, 9.17) is 10.00 Å². The van der Waals surface area contributed by atoms with Gasteiger partial charge in [0.15, 0.2) is 0 Å². The largest absolute Gasteiger partial charge is 0.432 e. The molecule has 2 aliphatic rings. The fourth-order valence-corrected chi connectivity index (χ4v) is 5.28. The minimum absolute atomic E-state index is 0.0462. The zero-order valence-electron chi connectivity index (χ0n) is 21.8. The van der Waals surface area contributed by atoms with Gasteiger partial charge in [0.1, 0.15) is 5.75 Å². The van der Waals surface area contributed by atoms with E-state index >= 15 is 0 Å². The van der Waals surface area contributed by atoms with Crippen molar-refractivity contribution >= 4 is 17.3 Å². The number of anilines is 2. The monoisotopic (exact) mass is 495 g/mol. The summed E-state index contributed by atoms with van der Waals surface area (Å²) in [6, 6.07) is 13.7. The van der Waals surface area contributed by atoms with Crippen LogP contribution >= 0.6 is 0 Å². The predicted octanol–water partition coefficient (Wildman–Crippen LogP) is 6.60. The molecule has 192 valence electrons. The second-order valence-electron chi connectivity index (χ2n) is 11.2. The first-order chi connectivity index (χ1) is 16.9. The van der Waals surface area contributed by atoms with Gasteiger partial charge in [-0.2, -0.15) is 14.0 Å². The van der Waals surface area contributed by atoms with Crippen molar-refractivity contribution in [2.75, 3.05) is 16.8 Å². The number of rotatable bonds is 8. The Labute approximate surface area is 212 Å². The van der Waals surface area contributed by atoms with Crippen LogP contribution in [0.25, 0.3) is 0 Å². The molecule has 1 heterocycles. The van der Waals surface area contributed by atoms with Crippen molar-refractivity contribution in [3.63, 3.8) is 0 Å². The molecule has 1 aliphatic carbocycles. The number of nitrogens with one attached hydrogen (secondary N) is 1. The first-order valence-electron chi connectivity index (χ1n) is 12.7. The molecule has 4 rings (SSSR count). The Morgan fingerprint density at radius 3 is 2.50 bits per heavy atom. The third-order valence-corrected chi connectivity index (χ3v) is 7.37. The summed E-state index contributed by atoms with van der Waals surface area (Å²) < 4.78 is 31.6. The number of nitrogens with zero attached hydrogens (tertiary/aromatic N) is 2. The zero-order valence-corrected chi connectivity index (χ0v) is 21.8. The van der Waals surface area contributed by atoms with Gasteiger partial charge in [-0.25, -0.2) is 0 Å². The Hall–Kier alpha value is -3.14. The van der Waals surface area contributed by atoms with E-state index in [9.17, 15) is 13.6 Å². The van der Waals surface area contributed by atoms with Crippen LogP contribution in [0.4, 0.5) is 20.2 Å². The molecule has 1 fully saturated rings. The molecule has 2 aromatic carbocycles. The van der Waals surface area contributed by atoms with Gasteiger partial charge < -0.3 is 15.0 Å². The highest BCUT2D eigenvalue weighted by Gasteiger charge is 2.51. The maximum Gasteiger partial charge on any atom is 0.394 e. The van der Waals surface area contributed by atoms with Crippen molar-refractivity contribution in [1.29, 1.82) is 5.26 Å². The third-order valence-electron chi connectivity index (χ3n) is 7.37. The summed E-state index contributed by atoms with van der Waals surface area (Å²) in [6.45, 7) is 9.93. The van der Waals surface area contributed by atoms with Gasteiger partial charge in [-0.05, 0) is 72.1 Å². The molecule has 1 atom stereocenters. The molecular weight excluding hydrogens is 460 g/mol. The Balaban J connectivity index is 1.54. The van der Waals surface area contributed by atoms with E-state index in [1.165, 1.54) is 5.56 Å². The summed E-state index contributed by atoms with van der Waals surface area (Å²) in [7, 11) is 0. The summed E-state index contributed by atoms with van der Waals surface area (Å²) in [4.78, 5) is 15.8. The van der Waals surface area contributed by atoms with E-state index in [-0.39, 0.29) is 23.1 Å². The molecule has 0 saturated heterocycles. The molecule has 1 unspecified atom stereocenters. The number of ether oxygens (including phenoxy) is 1. The summed E-state index contributed by atoms with van der Waals surface area (Å²) in [5.74, 6) is 0.0728. The quantitative estimate of drug-likeness (QED) is 0.448. The first-order valence-corrected chi connectivity index (χ1v) is 12.7. The smallest absolute Gasteiger partial charge is 0.394 e. The molecule has 0 radical (unpaired) electrons. The van der Waals surface area contributed by atoms with Gasteiger partial charge in [0, 0.05) is 30.9 Å². The number of fused-ring (bicyclic) bond motifs is 1. The fraction of sp³-hybridized carbons (Fsp3) is 0.517. The number of carbonyl (C=O) groups is 1. The fourth-order valence-electron chi connectivity index (χ4n) is 5.28. The molecule has 0 spiro atoms. The lowest BCUT2D eigenvalue weighted by Gasteiger charge is -2.36. The molecule has 1 aliphatic heterocycles. The number of aryl methyl sites for hydroxylation is 1. The minimum atomic E-state index is -3.26. The molecule has 7 heteroatoms. The van der Waals surface area contributed by atoms with E-state index in [0.717, 1.165) is 30.3 Å². The van der Waals surface area contributed by atoms with E-state index in [1.807, 2.05) is 31.2 Å². The van der Waals surface area contributed by atoms with E-state index < -0.39 is 11.5 Å². The lowest BCUT2D eigenvalue weighted by molar-refractivity contribution is -0.159. The number of nitriles is 1. The molecule has 0 aromatic heterocycles. The average molecular weight is 496 g/mol. The third kappa shape index (κ3) is 5.18. The molecular formula is C29H35F2N3O2. The van der Waals surface area contributed by atoms with Crippen LogP contribution in [0.3, 0.4) is 0 Å². The normalized spacial score (nSPS) is 18.4. The highest BCUT2D eigenvalue weighted by atomic mass is 19.3. The van der Waals surface area contributed by atoms with Gasteiger partial charge in [-0.15, -0.1) is 0 Å². The van der Waals surface area contributed by atoms with Crippen LogP contribution in [-0.4, -0.2) is 24.6 Å². The Kier molecular flexibility index (Phi) is 6.76. The zero-order chi connectivity index (χ0) is 26.3. The molecule has 1 saturated carbocycles. The van der Waals surface area contributed by atoms with Crippen molar-refractivity contribution in [1.82, 2.24) is 0 Å². The molecule has 0 bridgehead atoms. The van der Waals surface area contributed by atoms with Crippen LogP contribution in [0.15, 0.2) is 36.4 Å². The maximum absolute atomic E-state index is 13.4. The summed E-state index contributed by atoms with van der Waals surface area (Å²) >= 11 is 0. The molecule has 1 N–H and O–H groups in total. The average Bonchev–Trinajstić information content (AvgIpc) is 3.52. The second-order valence-corrected chi connectivity index (χ2v) is 11.2. The van der Waals surface area contributed by atoms with Crippen LogP contribution < -0.4 is 15.0 Å². The lowest BCUT2D eigenvalue weighted by atomic mass is 9.84. The van der Waals surface area contributed by atoms with Gasteiger partial charge in [0.05, 0.1) is 17.9 Å². The van der Waals surface area contributed by atoms with Crippen molar-refractivity contribution in [2.45, 2.75) is 84.3 Å². The number of halogens is 2. The molecule has 5 nitrogen and oxygen atoms in total. The SMILES string of the molecule is CCc1cc(C2(C(=O)Nc3ccc4c(c3)CC(C(C)(C)C)N4CCC#N)CC2)ccc1OC(C)(F)F. The summed E-state index contributed by atoms with van der Waals surface area (Å²) in [6.07, 6.45) is 0.0219. The van der Waals surface area contributed by atoms with E-state index in [0.29, 0.717) is 37.8 Å². The number of amides is 1. The maximum atomic E-state index is 13.4. The van der Waals surface area contributed by atoms with Crippen LogP contribution in [-0.2, 0) is 23.1 Å². The number of hydrogen-bond acceptors (Lipinski definition) is 4. The van der Waals surface area contributed by atoms with Crippen LogP contribution in [0.5, 0.6) is 5.75 Å². The number of hydrogen-bond donors (Lipinski definition) is 1. The van der Waals surface area contributed by atoms with E-state index in [1.54, 1.807) is 12.1 Å². The minimum Gasteiger partial charge on any atom is -0.432 e. The van der Waals surface area contributed by atoms with Gasteiger partial charge in [-0.3, -0.25) is 4.79 Å². The van der Waals surface area contributed by atoms with Gasteiger partial charge in [-0.1, -0.05) is 39.8 Å². The number of carbonyl (C=O) groups excluding carboxylic acids is 1. The molecule has 1 amide bonds. The van der Waals surface area contributed by atoms with Crippen molar-refractivity contribution in [3.8, 4) is 11.8 Å². The topological polar surface area (TPSA) is 65.4 Å².